The predicted molar refractivity (Wildman–Crippen MR) is 65.4 cm³/mol. The van der Waals surface area contributed by atoms with Gasteiger partial charge in [0.1, 0.15) is 5.69 Å². The molecular formula is C12H17N3O3. The maximum atomic E-state index is 11.9. The molecule has 0 radical (unpaired) electrons. The quantitative estimate of drug-likeness (QED) is 0.827. The van der Waals surface area contributed by atoms with Gasteiger partial charge in [-0.25, -0.2) is 14.8 Å². The van der Waals surface area contributed by atoms with Crippen LogP contribution in [0, 0.1) is 0 Å². The van der Waals surface area contributed by atoms with E-state index in [-0.39, 0.29) is 22.8 Å². The number of nitrogens with zero attached hydrogens (tertiary/aromatic N) is 2. The molecule has 0 atom stereocenters. The van der Waals surface area contributed by atoms with Crippen LogP contribution in [0.5, 0.6) is 0 Å². The van der Waals surface area contributed by atoms with Crippen LogP contribution in [-0.4, -0.2) is 32.5 Å². The van der Waals surface area contributed by atoms with Crippen molar-refractivity contribution in [1.29, 1.82) is 0 Å². The van der Waals surface area contributed by atoms with Crippen LogP contribution in [0.1, 0.15) is 54.6 Å². The van der Waals surface area contributed by atoms with E-state index in [1.807, 2.05) is 20.8 Å². The molecule has 1 rings (SSSR count). The van der Waals surface area contributed by atoms with E-state index < -0.39 is 5.97 Å². The first-order valence-corrected chi connectivity index (χ1v) is 5.79. The molecule has 0 unspecified atom stereocenters. The van der Waals surface area contributed by atoms with Crippen molar-refractivity contribution < 1.29 is 14.7 Å². The average molecular weight is 251 g/mol. The van der Waals surface area contributed by atoms with Crippen molar-refractivity contribution in [2.24, 2.45) is 0 Å². The number of carbonyl (C=O) groups is 2. The lowest BCUT2D eigenvalue weighted by molar-refractivity contribution is 0.0688. The lowest BCUT2D eigenvalue weighted by Crippen LogP contribution is -2.45. The lowest BCUT2D eigenvalue weighted by Gasteiger charge is -2.27. The number of carboxylic acids is 1. The Balaban J connectivity index is 2.82. The molecule has 6 heteroatoms. The second kappa shape index (κ2) is 5.57. The Kier molecular flexibility index (Phi) is 4.36. The van der Waals surface area contributed by atoms with Gasteiger partial charge in [-0.3, -0.25) is 4.79 Å². The highest BCUT2D eigenvalue weighted by molar-refractivity contribution is 5.93. The third-order valence-electron chi connectivity index (χ3n) is 3.08. The molecule has 0 saturated carbocycles. The zero-order valence-electron chi connectivity index (χ0n) is 10.7. The van der Waals surface area contributed by atoms with Crippen LogP contribution in [0.25, 0.3) is 0 Å². The number of carboxylic acid groups (broad SMARTS) is 1. The molecule has 0 aliphatic heterocycles. The Labute approximate surface area is 105 Å². The van der Waals surface area contributed by atoms with Crippen molar-refractivity contribution in [2.45, 2.75) is 39.2 Å². The minimum Gasteiger partial charge on any atom is -0.476 e. The molecule has 1 aromatic heterocycles. The number of amides is 1. The topological polar surface area (TPSA) is 92.2 Å². The SMILES string of the molecule is CCC(C)(CC)NC(=O)c1cnc(C(=O)O)cn1. The normalized spacial score (nSPS) is 11.1. The molecule has 1 amide bonds. The Hall–Kier alpha value is -1.98. The summed E-state index contributed by atoms with van der Waals surface area (Å²) in [6.07, 6.45) is 3.85. The number of aromatic nitrogens is 2. The molecule has 2 N–H and O–H groups in total. The summed E-state index contributed by atoms with van der Waals surface area (Å²) in [5.74, 6) is -1.51. The van der Waals surface area contributed by atoms with Crippen molar-refractivity contribution in [3.8, 4) is 0 Å². The largest absolute Gasteiger partial charge is 0.476 e. The van der Waals surface area contributed by atoms with Crippen molar-refractivity contribution >= 4 is 11.9 Å². The summed E-state index contributed by atoms with van der Waals surface area (Å²) in [4.78, 5) is 30.0. The molecular weight excluding hydrogens is 234 g/mol. The highest BCUT2D eigenvalue weighted by Crippen LogP contribution is 2.14. The van der Waals surface area contributed by atoms with Crippen molar-refractivity contribution in [3.63, 3.8) is 0 Å². The van der Waals surface area contributed by atoms with Gasteiger partial charge in [0.25, 0.3) is 5.91 Å². The monoisotopic (exact) mass is 251 g/mol. The minimum atomic E-state index is -1.17. The second-order valence-electron chi connectivity index (χ2n) is 4.31. The van der Waals surface area contributed by atoms with E-state index in [9.17, 15) is 9.59 Å². The summed E-state index contributed by atoms with van der Waals surface area (Å²) in [6, 6.07) is 0. The third kappa shape index (κ3) is 3.26. The van der Waals surface area contributed by atoms with Gasteiger partial charge in [0.2, 0.25) is 0 Å². The van der Waals surface area contributed by atoms with Gasteiger partial charge in [-0.2, -0.15) is 0 Å². The van der Waals surface area contributed by atoms with Crippen LogP contribution in [-0.2, 0) is 0 Å². The summed E-state index contributed by atoms with van der Waals surface area (Å²) >= 11 is 0. The standard InChI is InChI=1S/C12H17N3O3/c1-4-12(3,5-2)15-10(16)8-6-14-9(7-13-8)11(17)18/h6-7H,4-5H2,1-3H3,(H,15,16)(H,17,18). The first kappa shape index (κ1) is 14.1. The molecule has 0 saturated heterocycles. The fourth-order valence-electron chi connectivity index (χ4n) is 1.32. The summed E-state index contributed by atoms with van der Waals surface area (Å²) in [5, 5.41) is 11.5. The van der Waals surface area contributed by atoms with E-state index in [2.05, 4.69) is 15.3 Å². The zero-order chi connectivity index (χ0) is 13.8. The highest BCUT2D eigenvalue weighted by atomic mass is 16.4. The summed E-state index contributed by atoms with van der Waals surface area (Å²) in [7, 11) is 0. The maximum Gasteiger partial charge on any atom is 0.356 e. The Morgan fingerprint density at radius 1 is 1.22 bits per heavy atom. The maximum absolute atomic E-state index is 11.9. The van der Waals surface area contributed by atoms with E-state index in [1.54, 1.807) is 0 Å². The van der Waals surface area contributed by atoms with E-state index in [0.717, 1.165) is 19.0 Å². The van der Waals surface area contributed by atoms with E-state index in [4.69, 9.17) is 5.11 Å². The van der Waals surface area contributed by atoms with Gasteiger partial charge in [-0.05, 0) is 19.8 Å². The van der Waals surface area contributed by atoms with Gasteiger partial charge in [-0.15, -0.1) is 0 Å². The first-order chi connectivity index (χ1) is 8.41. The number of aromatic carboxylic acids is 1. The zero-order valence-corrected chi connectivity index (χ0v) is 10.7. The van der Waals surface area contributed by atoms with Gasteiger partial charge < -0.3 is 10.4 Å². The van der Waals surface area contributed by atoms with Gasteiger partial charge in [0, 0.05) is 5.54 Å². The summed E-state index contributed by atoms with van der Waals surface area (Å²) in [6.45, 7) is 5.93. The van der Waals surface area contributed by atoms with E-state index in [1.165, 1.54) is 6.20 Å². The van der Waals surface area contributed by atoms with Crippen LogP contribution in [0.4, 0.5) is 0 Å². The van der Waals surface area contributed by atoms with Gasteiger partial charge in [-0.1, -0.05) is 13.8 Å². The minimum absolute atomic E-state index is 0.119. The molecule has 0 spiro atoms. The molecule has 0 bridgehead atoms. The Morgan fingerprint density at radius 3 is 2.11 bits per heavy atom. The average Bonchev–Trinajstić information content (AvgIpc) is 2.38. The molecule has 0 aliphatic rings. The number of hydrogen-bond acceptors (Lipinski definition) is 4. The predicted octanol–water partition coefficient (Wildman–Crippen LogP) is 1.48. The van der Waals surface area contributed by atoms with Crippen molar-refractivity contribution in [1.82, 2.24) is 15.3 Å². The smallest absolute Gasteiger partial charge is 0.356 e. The fraction of sp³-hybridized carbons (Fsp3) is 0.500. The second-order valence-corrected chi connectivity index (χ2v) is 4.31. The molecule has 0 aliphatic carbocycles. The van der Waals surface area contributed by atoms with Crippen LogP contribution in [0.15, 0.2) is 12.4 Å². The highest BCUT2D eigenvalue weighted by Gasteiger charge is 2.23. The van der Waals surface area contributed by atoms with Crippen LogP contribution < -0.4 is 5.32 Å². The molecule has 1 heterocycles. The van der Waals surface area contributed by atoms with E-state index in [0.29, 0.717) is 0 Å². The van der Waals surface area contributed by atoms with Gasteiger partial charge >= 0.3 is 5.97 Å². The van der Waals surface area contributed by atoms with Crippen LogP contribution >= 0.6 is 0 Å². The molecule has 98 valence electrons. The van der Waals surface area contributed by atoms with Crippen molar-refractivity contribution in [2.75, 3.05) is 0 Å². The first-order valence-electron chi connectivity index (χ1n) is 5.79. The Morgan fingerprint density at radius 2 is 1.72 bits per heavy atom. The molecule has 6 nitrogen and oxygen atoms in total. The van der Waals surface area contributed by atoms with Gasteiger partial charge in [0.15, 0.2) is 5.69 Å². The van der Waals surface area contributed by atoms with Crippen molar-refractivity contribution in [3.05, 3.63) is 23.8 Å². The van der Waals surface area contributed by atoms with Gasteiger partial charge in [0.05, 0.1) is 12.4 Å². The summed E-state index contributed by atoms with van der Waals surface area (Å²) in [5.41, 5.74) is -0.349. The lowest BCUT2D eigenvalue weighted by atomic mass is 9.95. The Bertz CT molecular complexity index is 438. The number of hydrogen-bond donors (Lipinski definition) is 2. The molecule has 0 aromatic carbocycles. The van der Waals surface area contributed by atoms with Crippen LogP contribution in [0.3, 0.4) is 0 Å². The third-order valence-corrected chi connectivity index (χ3v) is 3.08. The number of carbonyl (C=O) groups excluding carboxylic acids is 1. The van der Waals surface area contributed by atoms with Crippen LogP contribution in [0.2, 0.25) is 0 Å². The molecule has 18 heavy (non-hydrogen) atoms. The van der Waals surface area contributed by atoms with E-state index >= 15 is 0 Å². The number of rotatable bonds is 5. The number of nitrogens with one attached hydrogen (secondary N) is 1. The summed E-state index contributed by atoms with van der Waals surface area (Å²) < 4.78 is 0. The molecule has 1 aromatic rings. The fourth-order valence-corrected chi connectivity index (χ4v) is 1.32. The molecule has 0 fully saturated rings.